The van der Waals surface area contributed by atoms with Crippen LogP contribution in [0.5, 0.6) is 0 Å². The molecular weight excluding hydrogens is 297 g/mol. The molecule has 0 saturated heterocycles. The summed E-state index contributed by atoms with van der Waals surface area (Å²) >= 11 is 0. The molecule has 1 rings (SSSR count). The highest BCUT2D eigenvalue weighted by atomic mass is 19.4. The van der Waals surface area contributed by atoms with Crippen LogP contribution in [0.4, 0.5) is 13.2 Å². The summed E-state index contributed by atoms with van der Waals surface area (Å²) in [5, 5.41) is 8.00. The smallest absolute Gasteiger partial charge is 0.356 e. The van der Waals surface area contributed by atoms with Gasteiger partial charge in [0.25, 0.3) is 5.91 Å². The fourth-order valence-corrected chi connectivity index (χ4v) is 1.70. The zero-order valence-corrected chi connectivity index (χ0v) is 12.4. The van der Waals surface area contributed by atoms with Crippen molar-refractivity contribution in [3.63, 3.8) is 0 Å². The van der Waals surface area contributed by atoms with E-state index in [2.05, 4.69) is 20.9 Å². The summed E-state index contributed by atoms with van der Waals surface area (Å²) in [5.41, 5.74) is 1.33. The number of aliphatic imine (C=N–C) groups is 1. The van der Waals surface area contributed by atoms with E-state index in [4.69, 9.17) is 0 Å². The fourth-order valence-electron chi connectivity index (χ4n) is 1.70. The van der Waals surface area contributed by atoms with Crippen LogP contribution < -0.4 is 16.0 Å². The number of benzene rings is 1. The Bertz CT molecular complexity index is 529. The van der Waals surface area contributed by atoms with Gasteiger partial charge in [-0.15, -0.1) is 0 Å². The summed E-state index contributed by atoms with van der Waals surface area (Å²) in [4.78, 5) is 15.4. The van der Waals surface area contributed by atoms with Crippen molar-refractivity contribution in [2.24, 2.45) is 4.99 Å². The topological polar surface area (TPSA) is 65.5 Å². The molecule has 0 bridgehead atoms. The Morgan fingerprint density at radius 2 is 2.00 bits per heavy atom. The Morgan fingerprint density at radius 3 is 2.59 bits per heavy atom. The number of rotatable bonds is 5. The van der Waals surface area contributed by atoms with Crippen LogP contribution in [0.2, 0.25) is 0 Å². The van der Waals surface area contributed by atoms with Crippen LogP contribution in [0.15, 0.2) is 29.3 Å². The van der Waals surface area contributed by atoms with E-state index in [1.165, 1.54) is 7.05 Å². The van der Waals surface area contributed by atoms with Gasteiger partial charge in [0.2, 0.25) is 0 Å². The van der Waals surface area contributed by atoms with Crippen LogP contribution >= 0.6 is 0 Å². The lowest BCUT2D eigenvalue weighted by atomic mass is 10.1. The van der Waals surface area contributed by atoms with E-state index < -0.39 is 12.6 Å². The van der Waals surface area contributed by atoms with E-state index in [0.717, 1.165) is 5.56 Å². The third-order valence-corrected chi connectivity index (χ3v) is 2.80. The second-order valence-electron chi connectivity index (χ2n) is 4.50. The molecule has 8 heteroatoms. The van der Waals surface area contributed by atoms with Gasteiger partial charge < -0.3 is 16.0 Å². The molecule has 0 aliphatic heterocycles. The molecular formula is C14H19F3N4O. The molecule has 5 nitrogen and oxygen atoms in total. The predicted octanol–water partition coefficient (Wildman–Crippen LogP) is 1.66. The molecule has 0 unspecified atom stereocenters. The highest BCUT2D eigenvalue weighted by molar-refractivity contribution is 5.94. The molecule has 0 aliphatic carbocycles. The predicted molar refractivity (Wildman–Crippen MR) is 78.7 cm³/mol. The van der Waals surface area contributed by atoms with Crippen LogP contribution in [0, 0.1) is 0 Å². The number of carbonyl (C=O) groups is 1. The summed E-state index contributed by atoms with van der Waals surface area (Å²) in [6.07, 6.45) is -5.13. The van der Waals surface area contributed by atoms with Crippen molar-refractivity contribution >= 4 is 11.9 Å². The third kappa shape index (κ3) is 6.47. The lowest BCUT2D eigenvalue weighted by Crippen LogP contribution is -2.38. The number of nitrogens with zero attached hydrogens (tertiary/aromatic N) is 1. The minimum Gasteiger partial charge on any atom is -0.356 e. The van der Waals surface area contributed by atoms with Gasteiger partial charge in [0.1, 0.15) is 0 Å². The molecule has 0 saturated carbocycles. The molecule has 122 valence electrons. The van der Waals surface area contributed by atoms with E-state index in [9.17, 15) is 18.0 Å². The minimum atomic E-state index is -4.20. The first kappa shape index (κ1) is 17.8. The van der Waals surface area contributed by atoms with E-state index >= 15 is 0 Å². The number of hydrogen-bond acceptors (Lipinski definition) is 2. The fraction of sp³-hybridized carbons (Fsp3) is 0.429. The normalized spacial score (nSPS) is 12.0. The van der Waals surface area contributed by atoms with Gasteiger partial charge in [-0.25, -0.2) is 0 Å². The molecule has 1 aromatic rings. The van der Waals surface area contributed by atoms with Gasteiger partial charge in [-0.3, -0.25) is 9.79 Å². The number of hydrogen-bond donors (Lipinski definition) is 3. The molecule has 0 atom stereocenters. The first-order chi connectivity index (χ1) is 10.4. The van der Waals surface area contributed by atoms with Crippen LogP contribution in [-0.2, 0) is 6.54 Å². The molecule has 1 amide bonds. The summed E-state index contributed by atoms with van der Waals surface area (Å²) in [5.74, 6) is 0.0733. The van der Waals surface area contributed by atoms with Crippen molar-refractivity contribution < 1.29 is 18.0 Å². The largest absolute Gasteiger partial charge is 0.390 e. The number of halogens is 3. The molecule has 22 heavy (non-hydrogen) atoms. The molecule has 0 aliphatic rings. The number of amides is 1. The third-order valence-electron chi connectivity index (χ3n) is 2.80. The Morgan fingerprint density at radius 1 is 1.27 bits per heavy atom. The van der Waals surface area contributed by atoms with E-state index in [1.807, 2.05) is 6.07 Å². The van der Waals surface area contributed by atoms with E-state index in [1.54, 1.807) is 25.2 Å². The molecule has 3 N–H and O–H groups in total. The van der Waals surface area contributed by atoms with E-state index in [-0.39, 0.29) is 18.4 Å². The van der Waals surface area contributed by atoms with Crippen LogP contribution in [0.3, 0.4) is 0 Å². The lowest BCUT2D eigenvalue weighted by Gasteiger charge is -2.13. The first-order valence-electron chi connectivity index (χ1n) is 6.68. The lowest BCUT2D eigenvalue weighted by molar-refractivity contribution is -0.132. The number of carbonyl (C=O) groups excluding carboxylic acids is 1. The summed E-state index contributed by atoms with van der Waals surface area (Å²) in [6.45, 7) is 0.0952. The van der Waals surface area contributed by atoms with Crippen molar-refractivity contribution in [1.82, 2.24) is 16.0 Å². The number of nitrogens with one attached hydrogen (secondary N) is 3. The first-order valence-corrected chi connectivity index (χ1v) is 6.68. The minimum absolute atomic E-state index is 0.200. The molecule has 0 spiro atoms. The summed E-state index contributed by atoms with van der Waals surface area (Å²) in [6, 6.07) is 6.93. The average Bonchev–Trinajstić information content (AvgIpc) is 2.49. The van der Waals surface area contributed by atoms with Crippen molar-refractivity contribution in [2.75, 3.05) is 20.6 Å². The molecule has 0 radical (unpaired) electrons. The summed E-state index contributed by atoms with van der Waals surface area (Å²) < 4.78 is 36.2. The highest BCUT2D eigenvalue weighted by Gasteiger charge is 2.26. The molecule has 0 fully saturated rings. The maximum Gasteiger partial charge on any atom is 0.390 e. The van der Waals surface area contributed by atoms with Gasteiger partial charge >= 0.3 is 6.18 Å². The highest BCUT2D eigenvalue weighted by Crippen LogP contribution is 2.18. The second kappa shape index (κ2) is 8.26. The number of guanidine groups is 1. The van der Waals surface area contributed by atoms with Gasteiger partial charge in [0.15, 0.2) is 5.96 Å². The van der Waals surface area contributed by atoms with Gasteiger partial charge in [-0.1, -0.05) is 12.1 Å². The zero-order valence-electron chi connectivity index (χ0n) is 12.4. The van der Waals surface area contributed by atoms with Crippen LogP contribution in [-0.4, -0.2) is 38.7 Å². The summed E-state index contributed by atoms with van der Waals surface area (Å²) in [7, 11) is 3.02. The van der Waals surface area contributed by atoms with Gasteiger partial charge in [0, 0.05) is 32.7 Å². The van der Waals surface area contributed by atoms with Gasteiger partial charge in [0.05, 0.1) is 6.42 Å². The average molecular weight is 316 g/mol. The Kier molecular flexibility index (Phi) is 6.68. The quantitative estimate of drug-likeness (QED) is 0.572. The zero-order chi connectivity index (χ0) is 16.6. The van der Waals surface area contributed by atoms with Crippen molar-refractivity contribution in [1.29, 1.82) is 0 Å². The molecule has 1 aromatic carbocycles. The maximum absolute atomic E-state index is 12.1. The monoisotopic (exact) mass is 316 g/mol. The Balaban J connectivity index is 2.51. The van der Waals surface area contributed by atoms with Crippen molar-refractivity contribution in [2.45, 2.75) is 19.1 Å². The number of alkyl halides is 3. The Labute approximate surface area is 127 Å². The van der Waals surface area contributed by atoms with Crippen LogP contribution in [0.1, 0.15) is 22.3 Å². The molecule has 0 aromatic heterocycles. The van der Waals surface area contributed by atoms with Crippen molar-refractivity contribution in [3.8, 4) is 0 Å². The van der Waals surface area contributed by atoms with Crippen molar-refractivity contribution in [3.05, 3.63) is 35.4 Å². The maximum atomic E-state index is 12.1. The van der Waals surface area contributed by atoms with Crippen LogP contribution in [0.25, 0.3) is 0 Å². The standard InChI is InChI=1S/C14H19F3N4O/c1-18-12(22)11-5-3-4-10(8-11)9-21-13(19-2)20-7-6-14(15,16)17/h3-5,8H,6-7,9H2,1-2H3,(H,18,22)(H2,19,20,21). The molecule has 0 heterocycles. The second-order valence-corrected chi connectivity index (χ2v) is 4.50. The Hall–Kier alpha value is -2.25. The van der Waals surface area contributed by atoms with Gasteiger partial charge in [-0.2, -0.15) is 13.2 Å². The van der Waals surface area contributed by atoms with Gasteiger partial charge in [-0.05, 0) is 17.7 Å². The SMILES string of the molecule is CN=C(NCCC(F)(F)F)NCc1cccc(C(=O)NC)c1. The van der Waals surface area contributed by atoms with E-state index in [0.29, 0.717) is 12.1 Å².